The smallest absolute Gasteiger partial charge is 0.338 e. The summed E-state index contributed by atoms with van der Waals surface area (Å²) in [5.74, 6) is -0.495. The van der Waals surface area contributed by atoms with E-state index in [1.807, 2.05) is 0 Å². The molecule has 0 unspecified atom stereocenters. The summed E-state index contributed by atoms with van der Waals surface area (Å²) >= 11 is 0. The van der Waals surface area contributed by atoms with Crippen LogP contribution in [-0.2, 0) is 14.2 Å². The standard InChI is InChI=1S/C17H20N2O6/c1-15-7-8-16(2)19(15)17(10-24-15,11-25-16)9-23-14(20)12-3-5-13(6-4-12)18(21)22/h3-6H,7-11H2,1-2H3/p+1/t15-,16-/m1/s1. The van der Waals surface area contributed by atoms with Crippen LogP contribution in [0.3, 0.4) is 0 Å². The highest BCUT2D eigenvalue weighted by molar-refractivity contribution is 5.89. The van der Waals surface area contributed by atoms with Crippen molar-refractivity contribution in [3.05, 3.63) is 39.9 Å². The second-order valence-electron chi connectivity index (χ2n) is 7.57. The maximum Gasteiger partial charge on any atom is 0.338 e. The van der Waals surface area contributed by atoms with Crippen LogP contribution in [0.5, 0.6) is 0 Å². The average molecular weight is 349 g/mol. The number of nitrogens with zero attached hydrogens (tertiary/aromatic N) is 1. The minimum absolute atomic E-state index is 0.0587. The predicted octanol–water partition coefficient (Wildman–Crippen LogP) is 0.662. The minimum Gasteiger partial charge on any atom is -0.455 e. The number of carbonyl (C=O) groups excluding carboxylic acids is 1. The van der Waals surface area contributed by atoms with E-state index in [2.05, 4.69) is 13.8 Å². The van der Waals surface area contributed by atoms with Gasteiger partial charge in [-0.3, -0.25) is 15.0 Å². The molecule has 1 N–H and O–H groups in total. The van der Waals surface area contributed by atoms with E-state index in [9.17, 15) is 14.9 Å². The van der Waals surface area contributed by atoms with Crippen molar-refractivity contribution in [1.29, 1.82) is 0 Å². The highest BCUT2D eigenvalue weighted by atomic mass is 16.6. The van der Waals surface area contributed by atoms with E-state index in [1.54, 1.807) is 0 Å². The van der Waals surface area contributed by atoms with Crippen molar-refractivity contribution in [2.45, 2.75) is 43.7 Å². The molecule has 2 atom stereocenters. The zero-order valence-corrected chi connectivity index (χ0v) is 14.2. The second-order valence-corrected chi connectivity index (χ2v) is 7.57. The van der Waals surface area contributed by atoms with Gasteiger partial charge in [-0.05, 0) is 12.1 Å². The first kappa shape index (κ1) is 16.4. The number of nitrogens with one attached hydrogen (secondary N) is 1. The maximum absolute atomic E-state index is 12.3. The maximum atomic E-state index is 12.3. The number of carbonyl (C=O) groups is 1. The number of esters is 1. The molecule has 0 radical (unpaired) electrons. The van der Waals surface area contributed by atoms with Gasteiger partial charge in [-0.1, -0.05) is 0 Å². The fraction of sp³-hybridized carbons (Fsp3) is 0.588. The van der Waals surface area contributed by atoms with Crippen LogP contribution in [0.2, 0.25) is 0 Å². The van der Waals surface area contributed by atoms with Gasteiger partial charge >= 0.3 is 5.97 Å². The van der Waals surface area contributed by atoms with Crippen LogP contribution in [-0.4, -0.2) is 47.7 Å². The summed E-state index contributed by atoms with van der Waals surface area (Å²) in [4.78, 5) is 23.7. The van der Waals surface area contributed by atoms with Gasteiger partial charge in [0.1, 0.15) is 13.2 Å². The molecular formula is C17H21N2O6+. The fourth-order valence-electron chi connectivity index (χ4n) is 4.64. The van der Waals surface area contributed by atoms with Crippen LogP contribution < -0.4 is 4.90 Å². The van der Waals surface area contributed by atoms with Gasteiger partial charge in [0.2, 0.25) is 11.4 Å². The SMILES string of the molecule is C[C@]12CC[C@@]3(C)OCC(COC(=O)c4ccc([N+](=O)[O-])cc4)(CO1)[NH+]23. The Hall–Kier alpha value is -2.03. The van der Waals surface area contributed by atoms with Gasteiger partial charge in [0, 0.05) is 38.8 Å². The summed E-state index contributed by atoms with van der Waals surface area (Å²) in [7, 11) is 0. The molecule has 134 valence electrons. The van der Waals surface area contributed by atoms with Crippen molar-refractivity contribution in [1.82, 2.24) is 0 Å². The number of nitro groups is 1. The lowest BCUT2D eigenvalue weighted by Crippen LogP contribution is -3.27. The normalized spacial score (nSPS) is 38.6. The van der Waals surface area contributed by atoms with Crippen LogP contribution in [0.15, 0.2) is 24.3 Å². The molecule has 1 aromatic carbocycles. The van der Waals surface area contributed by atoms with E-state index in [-0.39, 0.29) is 23.7 Å². The topological polar surface area (TPSA) is 92.3 Å². The molecule has 8 nitrogen and oxygen atoms in total. The van der Waals surface area contributed by atoms with Crippen molar-refractivity contribution in [3.63, 3.8) is 0 Å². The van der Waals surface area contributed by atoms with Crippen LogP contribution in [0.4, 0.5) is 5.69 Å². The number of benzene rings is 1. The van der Waals surface area contributed by atoms with Crippen molar-refractivity contribution >= 4 is 11.7 Å². The zero-order chi connectivity index (χ0) is 17.9. The van der Waals surface area contributed by atoms with Gasteiger partial charge in [-0.2, -0.15) is 0 Å². The number of nitro benzene ring substituents is 1. The number of quaternary nitrogens is 1. The van der Waals surface area contributed by atoms with Gasteiger partial charge < -0.3 is 14.2 Å². The minimum atomic E-state index is -0.502. The lowest BCUT2D eigenvalue weighted by molar-refractivity contribution is -1.02. The molecule has 8 heteroatoms. The third-order valence-electron chi connectivity index (χ3n) is 5.79. The first-order valence-corrected chi connectivity index (χ1v) is 8.36. The predicted molar refractivity (Wildman–Crippen MR) is 85.0 cm³/mol. The van der Waals surface area contributed by atoms with Crippen LogP contribution in [0.1, 0.15) is 37.0 Å². The van der Waals surface area contributed by atoms with E-state index >= 15 is 0 Å². The number of hydrogen-bond donors (Lipinski definition) is 1. The van der Waals surface area contributed by atoms with Crippen molar-refractivity contribution in [3.8, 4) is 0 Å². The van der Waals surface area contributed by atoms with Gasteiger partial charge in [-0.25, -0.2) is 4.79 Å². The van der Waals surface area contributed by atoms with E-state index in [1.165, 1.54) is 29.2 Å². The van der Waals surface area contributed by atoms with Crippen LogP contribution >= 0.6 is 0 Å². The number of ether oxygens (including phenoxy) is 3. The molecule has 3 aliphatic rings. The van der Waals surface area contributed by atoms with E-state index in [4.69, 9.17) is 14.2 Å². The highest BCUT2D eigenvalue weighted by Crippen LogP contribution is 2.39. The Labute approximate surface area is 144 Å². The Morgan fingerprint density at radius 3 is 2.28 bits per heavy atom. The largest absolute Gasteiger partial charge is 0.455 e. The van der Waals surface area contributed by atoms with Crippen molar-refractivity contribution in [2.24, 2.45) is 0 Å². The first-order valence-electron chi connectivity index (χ1n) is 8.36. The van der Waals surface area contributed by atoms with Crippen molar-refractivity contribution < 1.29 is 28.8 Å². The molecule has 3 saturated heterocycles. The molecule has 4 rings (SSSR count). The van der Waals surface area contributed by atoms with E-state index in [0.717, 1.165) is 12.8 Å². The fourth-order valence-corrected chi connectivity index (χ4v) is 4.64. The molecule has 3 aliphatic heterocycles. The zero-order valence-electron chi connectivity index (χ0n) is 14.2. The summed E-state index contributed by atoms with van der Waals surface area (Å²) in [5, 5.41) is 10.7. The van der Waals surface area contributed by atoms with Gasteiger partial charge in [-0.15, -0.1) is 0 Å². The monoisotopic (exact) mass is 349 g/mol. The lowest BCUT2D eigenvalue weighted by atomic mass is 10.0. The Bertz CT molecular complexity index is 713. The Morgan fingerprint density at radius 1 is 1.20 bits per heavy atom. The summed E-state index contributed by atoms with van der Waals surface area (Å²) in [5.41, 5.74) is -0.759. The molecular weight excluding hydrogens is 328 g/mol. The van der Waals surface area contributed by atoms with Crippen LogP contribution in [0, 0.1) is 10.1 Å². The third kappa shape index (κ3) is 2.36. The molecule has 25 heavy (non-hydrogen) atoms. The molecule has 3 heterocycles. The molecule has 3 fully saturated rings. The van der Waals surface area contributed by atoms with Crippen LogP contribution in [0.25, 0.3) is 0 Å². The summed E-state index contributed by atoms with van der Waals surface area (Å²) in [6, 6.07) is 5.41. The lowest BCUT2D eigenvalue weighted by Gasteiger charge is -2.34. The quantitative estimate of drug-likeness (QED) is 0.488. The first-order chi connectivity index (χ1) is 11.8. The molecule has 0 amide bonds. The van der Waals surface area contributed by atoms with Gasteiger partial charge in [0.15, 0.2) is 12.1 Å². The molecule has 0 aliphatic carbocycles. The van der Waals surface area contributed by atoms with E-state index < -0.39 is 16.4 Å². The second kappa shape index (κ2) is 5.23. The summed E-state index contributed by atoms with van der Waals surface area (Å²) in [6.07, 6.45) is 1.83. The van der Waals surface area contributed by atoms with Gasteiger partial charge in [0.25, 0.3) is 5.69 Å². The molecule has 0 saturated carbocycles. The Morgan fingerprint density at radius 2 is 1.76 bits per heavy atom. The highest BCUT2D eigenvalue weighted by Gasteiger charge is 2.74. The number of rotatable bonds is 4. The third-order valence-corrected chi connectivity index (χ3v) is 5.79. The molecule has 1 aromatic rings. The Kier molecular flexibility index (Phi) is 3.44. The van der Waals surface area contributed by atoms with E-state index in [0.29, 0.717) is 18.8 Å². The number of non-ortho nitro benzene ring substituents is 1. The van der Waals surface area contributed by atoms with Crippen molar-refractivity contribution in [2.75, 3.05) is 19.8 Å². The Balaban J connectivity index is 1.48. The summed E-state index contributed by atoms with van der Waals surface area (Å²) < 4.78 is 17.7. The summed E-state index contributed by atoms with van der Waals surface area (Å²) in [6.45, 7) is 5.34. The molecule has 0 bridgehead atoms. The average Bonchev–Trinajstić information content (AvgIpc) is 3.17. The van der Waals surface area contributed by atoms with Gasteiger partial charge in [0.05, 0.1) is 10.5 Å². The molecule has 0 aromatic heterocycles. The number of hydrogen-bond acceptors (Lipinski definition) is 6. The molecule has 0 spiro atoms.